The van der Waals surface area contributed by atoms with Crippen LogP contribution in [0.4, 0.5) is 5.69 Å². The molecule has 0 radical (unpaired) electrons. The lowest BCUT2D eigenvalue weighted by Crippen LogP contribution is -2.42. The van der Waals surface area contributed by atoms with Crippen molar-refractivity contribution >= 4 is 17.4 Å². The zero-order valence-corrected chi connectivity index (χ0v) is 11.6. The maximum atomic E-state index is 11.9. The number of nitrogens with one attached hydrogen (secondary N) is 1. The highest BCUT2D eigenvalue weighted by Gasteiger charge is 2.19. The van der Waals surface area contributed by atoms with Crippen LogP contribution in [0.5, 0.6) is 0 Å². The van der Waals surface area contributed by atoms with Gasteiger partial charge in [0.15, 0.2) is 5.78 Å². The molecule has 1 fully saturated rings. The number of hydrogen-bond acceptors (Lipinski definition) is 4. The predicted molar refractivity (Wildman–Crippen MR) is 76.8 cm³/mol. The van der Waals surface area contributed by atoms with Crippen molar-refractivity contribution in [2.24, 2.45) is 0 Å². The summed E-state index contributed by atoms with van der Waals surface area (Å²) in [5, 5.41) is 12.4. The number of anilines is 1. The van der Waals surface area contributed by atoms with E-state index in [1.165, 1.54) is 6.92 Å². The first-order valence-electron chi connectivity index (χ1n) is 6.86. The molecule has 1 aromatic carbocycles. The first kappa shape index (κ1) is 14.7. The van der Waals surface area contributed by atoms with Crippen LogP contribution in [-0.4, -0.2) is 47.4 Å². The number of β-amino-alcohol motifs (C(OH)–C–C–N with tert-alkyl or cyclic N) is 1. The first-order valence-corrected chi connectivity index (χ1v) is 6.86. The van der Waals surface area contributed by atoms with Crippen molar-refractivity contribution < 1.29 is 14.7 Å². The van der Waals surface area contributed by atoms with Crippen molar-refractivity contribution in [3.05, 3.63) is 29.8 Å². The quantitative estimate of drug-likeness (QED) is 0.813. The Morgan fingerprint density at radius 3 is 2.95 bits per heavy atom. The van der Waals surface area contributed by atoms with Gasteiger partial charge in [0.2, 0.25) is 5.91 Å². The number of carbonyl (C=O) groups excluding carboxylic acids is 2. The van der Waals surface area contributed by atoms with Gasteiger partial charge in [0.25, 0.3) is 0 Å². The smallest absolute Gasteiger partial charge is 0.238 e. The fraction of sp³-hybridized carbons (Fsp3) is 0.467. The Bertz CT molecular complexity index is 502. The number of carbonyl (C=O) groups is 2. The van der Waals surface area contributed by atoms with E-state index in [9.17, 15) is 14.7 Å². The Morgan fingerprint density at radius 1 is 1.45 bits per heavy atom. The van der Waals surface area contributed by atoms with Crippen LogP contribution in [-0.2, 0) is 4.79 Å². The van der Waals surface area contributed by atoms with Gasteiger partial charge in [-0.1, -0.05) is 12.1 Å². The van der Waals surface area contributed by atoms with Crippen LogP contribution in [0.2, 0.25) is 0 Å². The number of aliphatic hydroxyl groups is 1. The van der Waals surface area contributed by atoms with Crippen molar-refractivity contribution in [3.8, 4) is 0 Å². The lowest BCUT2D eigenvalue weighted by atomic mass is 10.1. The third-order valence-corrected chi connectivity index (χ3v) is 3.40. The second-order valence-corrected chi connectivity index (χ2v) is 5.22. The number of hydrogen-bond donors (Lipinski definition) is 2. The molecule has 0 saturated carbocycles. The molecule has 0 bridgehead atoms. The molecule has 5 nitrogen and oxygen atoms in total. The fourth-order valence-corrected chi connectivity index (χ4v) is 2.39. The Morgan fingerprint density at radius 2 is 2.25 bits per heavy atom. The van der Waals surface area contributed by atoms with Crippen LogP contribution < -0.4 is 5.32 Å². The molecule has 1 aliphatic rings. The summed E-state index contributed by atoms with van der Waals surface area (Å²) >= 11 is 0. The molecule has 2 rings (SSSR count). The summed E-state index contributed by atoms with van der Waals surface area (Å²) in [6.07, 6.45) is 1.38. The van der Waals surface area contributed by atoms with Gasteiger partial charge < -0.3 is 10.4 Å². The Balaban J connectivity index is 1.91. The number of piperidine rings is 1. The molecule has 1 aliphatic heterocycles. The largest absolute Gasteiger partial charge is 0.392 e. The van der Waals surface area contributed by atoms with Gasteiger partial charge in [0.1, 0.15) is 0 Å². The molecule has 0 aromatic heterocycles. The summed E-state index contributed by atoms with van der Waals surface area (Å²) in [6, 6.07) is 6.90. The standard InChI is InChI=1S/C15H20N2O3/c1-11(18)12-4-2-5-13(8-12)16-15(20)10-17-7-3-6-14(19)9-17/h2,4-5,8,14,19H,3,6-7,9-10H2,1H3,(H,16,20)/t14-/m0/s1. The number of benzene rings is 1. The van der Waals surface area contributed by atoms with Gasteiger partial charge in [-0.15, -0.1) is 0 Å². The number of likely N-dealkylation sites (tertiary alicyclic amines) is 1. The summed E-state index contributed by atoms with van der Waals surface area (Å²) in [6.45, 7) is 3.14. The van der Waals surface area contributed by atoms with Crippen molar-refractivity contribution in [3.63, 3.8) is 0 Å². The van der Waals surface area contributed by atoms with Crippen LogP contribution >= 0.6 is 0 Å². The number of ketones is 1. The highest BCUT2D eigenvalue weighted by atomic mass is 16.3. The van der Waals surface area contributed by atoms with Gasteiger partial charge in [0, 0.05) is 17.8 Å². The molecule has 108 valence electrons. The topological polar surface area (TPSA) is 69.6 Å². The minimum atomic E-state index is -0.336. The molecule has 5 heteroatoms. The molecule has 20 heavy (non-hydrogen) atoms. The summed E-state index contributed by atoms with van der Waals surface area (Å²) in [7, 11) is 0. The van der Waals surface area contributed by atoms with Gasteiger partial charge in [-0.3, -0.25) is 14.5 Å². The minimum absolute atomic E-state index is 0.0275. The van der Waals surface area contributed by atoms with Gasteiger partial charge in [0.05, 0.1) is 12.6 Å². The highest BCUT2D eigenvalue weighted by molar-refractivity contribution is 5.97. The van der Waals surface area contributed by atoms with E-state index in [-0.39, 0.29) is 24.3 Å². The Hall–Kier alpha value is -1.72. The normalized spacial score (nSPS) is 19.6. The van der Waals surface area contributed by atoms with Crippen LogP contribution in [0, 0.1) is 0 Å². The monoisotopic (exact) mass is 276 g/mol. The molecule has 0 aliphatic carbocycles. The zero-order chi connectivity index (χ0) is 14.5. The lowest BCUT2D eigenvalue weighted by Gasteiger charge is -2.29. The predicted octanol–water partition coefficient (Wildman–Crippen LogP) is 1.28. The van der Waals surface area contributed by atoms with E-state index in [2.05, 4.69) is 5.32 Å². The molecule has 0 unspecified atom stereocenters. The molecule has 1 aromatic rings. The van der Waals surface area contributed by atoms with Crippen LogP contribution in [0.25, 0.3) is 0 Å². The second kappa shape index (κ2) is 6.63. The van der Waals surface area contributed by atoms with E-state index >= 15 is 0 Å². The number of Topliss-reactive ketones (excluding diaryl/α,β-unsaturated/α-hetero) is 1. The summed E-state index contributed by atoms with van der Waals surface area (Å²) in [4.78, 5) is 25.2. The summed E-state index contributed by atoms with van der Waals surface area (Å²) < 4.78 is 0. The van der Waals surface area contributed by atoms with E-state index < -0.39 is 0 Å². The molecule has 0 spiro atoms. The van der Waals surface area contributed by atoms with Gasteiger partial charge in [-0.25, -0.2) is 0 Å². The third kappa shape index (κ3) is 4.15. The van der Waals surface area contributed by atoms with Crippen molar-refractivity contribution in [1.82, 2.24) is 4.90 Å². The number of amides is 1. The highest BCUT2D eigenvalue weighted by Crippen LogP contribution is 2.12. The Labute approximate surface area is 118 Å². The van der Waals surface area contributed by atoms with Crippen LogP contribution in [0.1, 0.15) is 30.1 Å². The molecule has 1 amide bonds. The van der Waals surface area contributed by atoms with Crippen molar-refractivity contribution in [1.29, 1.82) is 0 Å². The van der Waals surface area contributed by atoms with E-state index in [1.54, 1.807) is 24.3 Å². The molecule has 1 saturated heterocycles. The number of nitrogens with zero attached hydrogens (tertiary/aromatic N) is 1. The minimum Gasteiger partial charge on any atom is -0.392 e. The number of aliphatic hydroxyl groups excluding tert-OH is 1. The average Bonchev–Trinajstić information content (AvgIpc) is 2.38. The van der Waals surface area contributed by atoms with Gasteiger partial charge >= 0.3 is 0 Å². The molecular formula is C15H20N2O3. The van der Waals surface area contributed by atoms with Gasteiger partial charge in [-0.2, -0.15) is 0 Å². The van der Waals surface area contributed by atoms with Crippen LogP contribution in [0.3, 0.4) is 0 Å². The third-order valence-electron chi connectivity index (χ3n) is 3.40. The van der Waals surface area contributed by atoms with Gasteiger partial charge in [-0.05, 0) is 38.4 Å². The first-order chi connectivity index (χ1) is 9.54. The van der Waals surface area contributed by atoms with Crippen molar-refractivity contribution in [2.45, 2.75) is 25.9 Å². The fourth-order valence-electron chi connectivity index (χ4n) is 2.39. The van der Waals surface area contributed by atoms with E-state index in [4.69, 9.17) is 0 Å². The maximum Gasteiger partial charge on any atom is 0.238 e. The van der Waals surface area contributed by atoms with E-state index in [0.29, 0.717) is 17.8 Å². The van der Waals surface area contributed by atoms with Crippen LogP contribution in [0.15, 0.2) is 24.3 Å². The lowest BCUT2D eigenvalue weighted by molar-refractivity contribution is -0.118. The van der Waals surface area contributed by atoms with E-state index in [0.717, 1.165) is 19.4 Å². The zero-order valence-electron chi connectivity index (χ0n) is 11.6. The van der Waals surface area contributed by atoms with E-state index in [1.807, 2.05) is 4.90 Å². The molecule has 1 atom stereocenters. The molecular weight excluding hydrogens is 256 g/mol. The van der Waals surface area contributed by atoms with Crippen molar-refractivity contribution in [2.75, 3.05) is 25.0 Å². The summed E-state index contributed by atoms with van der Waals surface area (Å²) in [5.41, 5.74) is 1.21. The average molecular weight is 276 g/mol. The SMILES string of the molecule is CC(=O)c1cccc(NC(=O)CN2CCC[C@H](O)C2)c1. The Kier molecular flexibility index (Phi) is 4.87. The second-order valence-electron chi connectivity index (χ2n) is 5.22. The molecule has 1 heterocycles. The maximum absolute atomic E-state index is 11.9. The summed E-state index contributed by atoms with van der Waals surface area (Å²) in [5.74, 6) is -0.153. The number of rotatable bonds is 4. The molecule has 2 N–H and O–H groups in total.